The highest BCUT2D eigenvalue weighted by Crippen LogP contribution is 2.29. The number of hydrogen-bond acceptors (Lipinski definition) is 5. The summed E-state index contributed by atoms with van der Waals surface area (Å²) in [5, 5.41) is 0. The van der Waals surface area contributed by atoms with Gasteiger partial charge in [-0.1, -0.05) is 30.3 Å². The van der Waals surface area contributed by atoms with Gasteiger partial charge in [-0.15, -0.1) is 0 Å². The monoisotopic (exact) mass is 380 g/mol. The molecule has 0 spiro atoms. The van der Waals surface area contributed by atoms with Crippen molar-refractivity contribution in [2.24, 2.45) is 0 Å². The van der Waals surface area contributed by atoms with Gasteiger partial charge in [0, 0.05) is 31.6 Å². The smallest absolute Gasteiger partial charge is 0.227 e. The molecule has 2 atom stereocenters. The van der Waals surface area contributed by atoms with Crippen molar-refractivity contribution >= 4 is 11.7 Å². The highest BCUT2D eigenvalue weighted by atomic mass is 16.5. The number of carbonyl (C=O) groups is 1. The molecule has 0 N–H and O–H groups in total. The number of benzene rings is 1. The molecule has 0 radical (unpaired) electrons. The van der Waals surface area contributed by atoms with E-state index in [9.17, 15) is 4.79 Å². The van der Waals surface area contributed by atoms with Crippen molar-refractivity contribution in [1.29, 1.82) is 0 Å². The Morgan fingerprint density at radius 2 is 1.86 bits per heavy atom. The Kier molecular flexibility index (Phi) is 5.31. The molecule has 2 aromatic rings. The maximum Gasteiger partial charge on any atom is 0.227 e. The summed E-state index contributed by atoms with van der Waals surface area (Å²) in [5.41, 5.74) is 3.23. The highest BCUT2D eigenvalue weighted by Gasteiger charge is 2.30. The van der Waals surface area contributed by atoms with Crippen molar-refractivity contribution < 1.29 is 9.53 Å². The Hall–Kier alpha value is -2.47. The molecule has 4 rings (SSSR count). The van der Waals surface area contributed by atoms with Crippen LogP contribution in [-0.2, 0) is 28.9 Å². The fraction of sp³-hybridized carbons (Fsp3) is 0.500. The Morgan fingerprint density at radius 3 is 2.57 bits per heavy atom. The van der Waals surface area contributed by atoms with Crippen LogP contribution in [-0.4, -0.2) is 52.6 Å². The van der Waals surface area contributed by atoms with E-state index < -0.39 is 0 Å². The second kappa shape index (κ2) is 7.87. The lowest BCUT2D eigenvalue weighted by Crippen LogP contribution is -2.47. The van der Waals surface area contributed by atoms with Crippen molar-refractivity contribution in [2.75, 3.05) is 24.5 Å². The number of rotatable bonds is 3. The molecule has 148 valence electrons. The fourth-order valence-corrected chi connectivity index (χ4v) is 4.22. The van der Waals surface area contributed by atoms with Gasteiger partial charge in [0.25, 0.3) is 0 Å². The molecule has 6 nitrogen and oxygen atoms in total. The molecule has 3 heterocycles. The van der Waals surface area contributed by atoms with Crippen LogP contribution in [0.15, 0.2) is 30.3 Å². The number of ether oxygens (including phenoxy) is 1. The molecular formula is C22H28N4O2. The van der Waals surface area contributed by atoms with E-state index in [1.54, 1.807) is 0 Å². The predicted octanol–water partition coefficient (Wildman–Crippen LogP) is 2.53. The van der Waals surface area contributed by atoms with Gasteiger partial charge in [-0.3, -0.25) is 4.79 Å². The van der Waals surface area contributed by atoms with E-state index >= 15 is 0 Å². The van der Waals surface area contributed by atoms with Gasteiger partial charge in [-0.2, -0.15) is 0 Å². The van der Waals surface area contributed by atoms with Crippen LogP contribution in [0.3, 0.4) is 0 Å². The second-order valence-electron chi connectivity index (χ2n) is 7.91. The van der Waals surface area contributed by atoms with Crippen molar-refractivity contribution in [3.63, 3.8) is 0 Å². The van der Waals surface area contributed by atoms with E-state index in [0.29, 0.717) is 19.5 Å². The van der Waals surface area contributed by atoms with Crippen LogP contribution in [0.5, 0.6) is 0 Å². The van der Waals surface area contributed by atoms with Gasteiger partial charge in [0.15, 0.2) is 0 Å². The maximum atomic E-state index is 12.9. The van der Waals surface area contributed by atoms with Crippen molar-refractivity contribution in [1.82, 2.24) is 14.9 Å². The fourth-order valence-electron chi connectivity index (χ4n) is 4.22. The van der Waals surface area contributed by atoms with Gasteiger partial charge in [0.1, 0.15) is 11.6 Å². The third-order valence-electron chi connectivity index (χ3n) is 5.42. The van der Waals surface area contributed by atoms with E-state index in [2.05, 4.69) is 23.7 Å². The number of morpholine rings is 1. The van der Waals surface area contributed by atoms with Crippen molar-refractivity contribution in [2.45, 2.75) is 52.4 Å². The average molecular weight is 380 g/mol. The molecule has 1 amide bonds. The summed E-state index contributed by atoms with van der Waals surface area (Å²) in [4.78, 5) is 26.6. The van der Waals surface area contributed by atoms with E-state index in [0.717, 1.165) is 48.0 Å². The molecule has 6 heteroatoms. The SMILES string of the molecule is Cc1nc2c(c(N3C[C@H](C)O[C@@H](C)C3)n1)CN(C(=O)Cc1ccccc1)CC2. The number of aromatic nitrogens is 2. The van der Waals surface area contributed by atoms with Gasteiger partial charge in [-0.25, -0.2) is 9.97 Å². The van der Waals surface area contributed by atoms with Gasteiger partial charge in [-0.05, 0) is 26.3 Å². The maximum absolute atomic E-state index is 12.9. The Labute approximate surface area is 166 Å². The van der Waals surface area contributed by atoms with Crippen LogP contribution >= 0.6 is 0 Å². The normalized spacial score (nSPS) is 22.1. The van der Waals surface area contributed by atoms with Gasteiger partial charge in [0.2, 0.25) is 5.91 Å². The van der Waals surface area contributed by atoms with Crippen LogP contribution in [0.1, 0.15) is 36.5 Å². The minimum atomic E-state index is 0.159. The molecule has 2 aliphatic heterocycles. The molecule has 0 bridgehead atoms. The van der Waals surface area contributed by atoms with Crippen LogP contribution in [0.2, 0.25) is 0 Å². The number of fused-ring (bicyclic) bond motifs is 1. The van der Waals surface area contributed by atoms with Gasteiger partial charge in [0.05, 0.1) is 30.9 Å². The molecule has 1 aromatic heterocycles. The summed E-state index contributed by atoms with van der Waals surface area (Å²) in [7, 11) is 0. The first-order valence-corrected chi connectivity index (χ1v) is 10.1. The van der Waals surface area contributed by atoms with Gasteiger partial charge >= 0.3 is 0 Å². The lowest BCUT2D eigenvalue weighted by Gasteiger charge is -2.38. The lowest BCUT2D eigenvalue weighted by atomic mass is 10.0. The summed E-state index contributed by atoms with van der Waals surface area (Å²) >= 11 is 0. The van der Waals surface area contributed by atoms with E-state index in [4.69, 9.17) is 9.72 Å². The zero-order valence-corrected chi connectivity index (χ0v) is 16.9. The first kappa shape index (κ1) is 18.9. The summed E-state index contributed by atoms with van der Waals surface area (Å²) in [6.45, 7) is 9.05. The Bertz CT molecular complexity index is 845. The van der Waals surface area contributed by atoms with Crippen LogP contribution in [0.4, 0.5) is 5.82 Å². The summed E-state index contributed by atoms with van der Waals surface area (Å²) in [6, 6.07) is 9.93. The highest BCUT2D eigenvalue weighted by molar-refractivity contribution is 5.79. The average Bonchev–Trinajstić information content (AvgIpc) is 2.67. The van der Waals surface area contributed by atoms with Gasteiger partial charge < -0.3 is 14.5 Å². The quantitative estimate of drug-likeness (QED) is 0.819. The molecule has 1 fully saturated rings. The Balaban J connectivity index is 1.58. The summed E-state index contributed by atoms with van der Waals surface area (Å²) in [6.07, 6.45) is 1.54. The number of hydrogen-bond donors (Lipinski definition) is 0. The Morgan fingerprint density at radius 1 is 1.14 bits per heavy atom. The minimum absolute atomic E-state index is 0.159. The summed E-state index contributed by atoms with van der Waals surface area (Å²) < 4.78 is 5.89. The molecule has 0 aliphatic carbocycles. The van der Waals surface area contributed by atoms with Crippen LogP contribution in [0, 0.1) is 6.92 Å². The van der Waals surface area contributed by atoms with E-state index in [1.807, 2.05) is 42.2 Å². The zero-order chi connectivity index (χ0) is 19.7. The molecule has 1 saturated heterocycles. The van der Waals surface area contributed by atoms with Crippen molar-refractivity contribution in [3.05, 3.63) is 53.0 Å². The number of amides is 1. The predicted molar refractivity (Wildman–Crippen MR) is 108 cm³/mol. The standard InChI is InChI=1S/C22H28N4O2/c1-15-12-26(13-16(2)28-15)22-19-14-25(10-9-20(19)23-17(3)24-22)21(27)11-18-7-5-4-6-8-18/h4-8,15-16H,9-14H2,1-3H3/t15-,16-/m0/s1. The lowest BCUT2D eigenvalue weighted by molar-refractivity contribution is -0.131. The van der Waals surface area contributed by atoms with Crippen LogP contribution in [0.25, 0.3) is 0 Å². The molecule has 2 aliphatic rings. The molecule has 1 aromatic carbocycles. The molecule has 0 unspecified atom stereocenters. The summed E-state index contributed by atoms with van der Waals surface area (Å²) in [5.74, 6) is 1.93. The van der Waals surface area contributed by atoms with Crippen molar-refractivity contribution in [3.8, 4) is 0 Å². The first-order valence-electron chi connectivity index (χ1n) is 10.1. The van der Waals surface area contributed by atoms with E-state index in [-0.39, 0.29) is 18.1 Å². The minimum Gasteiger partial charge on any atom is -0.372 e. The zero-order valence-electron chi connectivity index (χ0n) is 16.9. The number of aryl methyl sites for hydroxylation is 1. The van der Waals surface area contributed by atoms with E-state index in [1.165, 1.54) is 0 Å². The number of nitrogens with zero attached hydrogens (tertiary/aromatic N) is 4. The number of carbonyl (C=O) groups excluding carboxylic acids is 1. The second-order valence-corrected chi connectivity index (χ2v) is 7.91. The number of anilines is 1. The third-order valence-corrected chi connectivity index (χ3v) is 5.42. The third kappa shape index (κ3) is 4.02. The topological polar surface area (TPSA) is 58.6 Å². The molecular weight excluding hydrogens is 352 g/mol. The molecule has 0 saturated carbocycles. The first-order chi connectivity index (χ1) is 13.5. The largest absolute Gasteiger partial charge is 0.372 e. The van der Waals surface area contributed by atoms with Crippen LogP contribution < -0.4 is 4.90 Å². The molecule has 28 heavy (non-hydrogen) atoms.